The number of thioether (sulfide) groups is 1. The van der Waals surface area contributed by atoms with Gasteiger partial charge in [-0.3, -0.25) is 9.78 Å². The molecule has 6 heteroatoms. The molecule has 0 aliphatic carbocycles. The van der Waals surface area contributed by atoms with E-state index in [1.54, 1.807) is 0 Å². The Balaban J connectivity index is 2.03. The van der Waals surface area contributed by atoms with Gasteiger partial charge in [0, 0.05) is 6.42 Å². The van der Waals surface area contributed by atoms with Crippen LogP contribution < -0.4 is 10.3 Å². The Hall–Kier alpha value is -1.01. The van der Waals surface area contributed by atoms with Gasteiger partial charge in [-0.2, -0.15) is 0 Å². The summed E-state index contributed by atoms with van der Waals surface area (Å²) in [5.74, 6) is 1.10. The molecular formula is C11H16N2O3S. The zero-order chi connectivity index (χ0) is 12.1. The van der Waals surface area contributed by atoms with E-state index in [4.69, 9.17) is 9.47 Å². The van der Waals surface area contributed by atoms with Crippen molar-refractivity contribution >= 4 is 11.8 Å². The van der Waals surface area contributed by atoms with Crippen LogP contribution in [0.2, 0.25) is 0 Å². The highest BCUT2D eigenvalue weighted by atomic mass is 32.2. The first kappa shape index (κ1) is 12.4. The summed E-state index contributed by atoms with van der Waals surface area (Å²) in [6, 6.07) is 0. The number of nitrogens with zero attached hydrogens (tertiary/aromatic N) is 1. The number of rotatable bonds is 4. The van der Waals surface area contributed by atoms with E-state index in [2.05, 4.69) is 9.97 Å². The summed E-state index contributed by atoms with van der Waals surface area (Å²) in [5.41, 5.74) is -0.245. The number of hydrogen-bond donors (Lipinski definition) is 1. The van der Waals surface area contributed by atoms with Gasteiger partial charge in [0.25, 0.3) is 5.56 Å². The van der Waals surface area contributed by atoms with Crippen molar-refractivity contribution in [2.45, 2.75) is 37.6 Å². The molecular weight excluding hydrogens is 240 g/mol. The monoisotopic (exact) mass is 256 g/mol. The lowest BCUT2D eigenvalue weighted by atomic mass is 10.2. The van der Waals surface area contributed by atoms with E-state index in [9.17, 15) is 4.79 Å². The summed E-state index contributed by atoms with van der Waals surface area (Å²) in [6.45, 7) is 2.70. The highest BCUT2D eigenvalue weighted by molar-refractivity contribution is 7.99. The Morgan fingerprint density at radius 3 is 3.18 bits per heavy atom. The molecule has 1 atom stereocenters. The SMILES string of the molecule is CCSc1ncc(OC2CCCCO2)c(=O)[nH]1. The van der Waals surface area contributed by atoms with Crippen LogP contribution in [0.3, 0.4) is 0 Å². The lowest BCUT2D eigenvalue weighted by molar-refractivity contribution is -0.106. The van der Waals surface area contributed by atoms with Crippen LogP contribution in [0, 0.1) is 0 Å². The molecule has 2 rings (SSSR count). The van der Waals surface area contributed by atoms with E-state index >= 15 is 0 Å². The van der Waals surface area contributed by atoms with E-state index in [1.165, 1.54) is 18.0 Å². The number of aromatic amines is 1. The van der Waals surface area contributed by atoms with Crippen LogP contribution in [0.15, 0.2) is 16.1 Å². The Labute approximate surface area is 104 Å². The molecule has 0 spiro atoms. The predicted molar refractivity (Wildman–Crippen MR) is 65.5 cm³/mol. The van der Waals surface area contributed by atoms with Gasteiger partial charge in [-0.1, -0.05) is 18.7 Å². The fourth-order valence-corrected chi connectivity index (χ4v) is 2.17. The third-order valence-electron chi connectivity index (χ3n) is 2.42. The van der Waals surface area contributed by atoms with Gasteiger partial charge < -0.3 is 9.47 Å². The second-order valence-corrected chi connectivity index (χ2v) is 4.98. The summed E-state index contributed by atoms with van der Waals surface area (Å²) in [6.07, 6.45) is 4.11. The van der Waals surface area contributed by atoms with Crippen LogP contribution in [0.1, 0.15) is 26.2 Å². The number of hydrogen-bond acceptors (Lipinski definition) is 5. The largest absolute Gasteiger partial charge is 0.458 e. The standard InChI is InChI=1S/C11H16N2O3S/c1-2-17-11-12-7-8(10(14)13-11)16-9-5-3-4-6-15-9/h7,9H,2-6H2,1H3,(H,12,13,14). The summed E-state index contributed by atoms with van der Waals surface area (Å²) in [7, 11) is 0. The van der Waals surface area contributed by atoms with Gasteiger partial charge in [0.1, 0.15) is 0 Å². The van der Waals surface area contributed by atoms with Crippen LogP contribution in [-0.4, -0.2) is 28.6 Å². The van der Waals surface area contributed by atoms with Crippen molar-refractivity contribution in [3.05, 3.63) is 16.6 Å². The molecule has 94 valence electrons. The second-order valence-electron chi connectivity index (χ2n) is 3.73. The maximum Gasteiger partial charge on any atom is 0.294 e. The van der Waals surface area contributed by atoms with Crippen molar-refractivity contribution in [3.8, 4) is 5.75 Å². The number of aromatic nitrogens is 2. The van der Waals surface area contributed by atoms with Crippen molar-refractivity contribution in [2.75, 3.05) is 12.4 Å². The van der Waals surface area contributed by atoms with Gasteiger partial charge in [-0.05, 0) is 18.6 Å². The normalized spacial score (nSPS) is 20.2. The highest BCUT2D eigenvalue weighted by Gasteiger charge is 2.17. The molecule has 0 amide bonds. The summed E-state index contributed by atoms with van der Waals surface area (Å²) < 4.78 is 10.9. The van der Waals surface area contributed by atoms with Crippen LogP contribution in [0.5, 0.6) is 5.75 Å². The Kier molecular flexibility index (Phi) is 4.44. The van der Waals surface area contributed by atoms with Gasteiger partial charge in [-0.25, -0.2) is 4.98 Å². The third-order valence-corrected chi connectivity index (χ3v) is 3.19. The lowest BCUT2D eigenvalue weighted by Gasteiger charge is -2.22. The number of H-pyrrole nitrogens is 1. The average molecular weight is 256 g/mol. The fourth-order valence-electron chi connectivity index (χ4n) is 1.61. The van der Waals surface area contributed by atoms with Crippen LogP contribution in [0.25, 0.3) is 0 Å². The molecule has 17 heavy (non-hydrogen) atoms. The third kappa shape index (κ3) is 3.47. The first-order chi connectivity index (χ1) is 8.29. The van der Waals surface area contributed by atoms with Crippen molar-refractivity contribution in [1.29, 1.82) is 0 Å². The first-order valence-electron chi connectivity index (χ1n) is 5.80. The minimum absolute atomic E-state index is 0.234. The average Bonchev–Trinajstić information content (AvgIpc) is 2.34. The summed E-state index contributed by atoms with van der Waals surface area (Å²) >= 11 is 1.49. The molecule has 1 aromatic heterocycles. The Morgan fingerprint density at radius 1 is 1.65 bits per heavy atom. The van der Waals surface area contributed by atoms with Crippen molar-refractivity contribution < 1.29 is 9.47 Å². The molecule has 1 aliphatic heterocycles. The molecule has 5 nitrogen and oxygen atoms in total. The lowest BCUT2D eigenvalue weighted by Crippen LogP contribution is -2.27. The molecule has 1 N–H and O–H groups in total. The summed E-state index contributed by atoms with van der Waals surface area (Å²) in [4.78, 5) is 18.5. The van der Waals surface area contributed by atoms with E-state index in [-0.39, 0.29) is 17.6 Å². The zero-order valence-electron chi connectivity index (χ0n) is 9.77. The van der Waals surface area contributed by atoms with E-state index in [1.807, 2.05) is 6.92 Å². The number of ether oxygens (including phenoxy) is 2. The highest BCUT2D eigenvalue weighted by Crippen LogP contribution is 2.16. The topological polar surface area (TPSA) is 64.2 Å². The van der Waals surface area contributed by atoms with Crippen molar-refractivity contribution in [2.24, 2.45) is 0 Å². The van der Waals surface area contributed by atoms with Gasteiger partial charge in [-0.15, -0.1) is 0 Å². The molecule has 0 aromatic carbocycles. The second kappa shape index (κ2) is 6.07. The maximum atomic E-state index is 11.7. The molecule has 0 bridgehead atoms. The minimum Gasteiger partial charge on any atom is -0.458 e. The van der Waals surface area contributed by atoms with Crippen LogP contribution in [0.4, 0.5) is 0 Å². The summed E-state index contributed by atoms with van der Waals surface area (Å²) in [5, 5.41) is 0.620. The molecule has 0 radical (unpaired) electrons. The quantitative estimate of drug-likeness (QED) is 0.657. The van der Waals surface area contributed by atoms with Gasteiger partial charge in [0.05, 0.1) is 12.8 Å². The molecule has 1 saturated heterocycles. The molecule has 1 fully saturated rings. The predicted octanol–water partition coefficient (Wildman–Crippen LogP) is 1.79. The molecule has 2 heterocycles. The van der Waals surface area contributed by atoms with Crippen LogP contribution >= 0.6 is 11.8 Å². The Morgan fingerprint density at radius 2 is 2.53 bits per heavy atom. The van der Waals surface area contributed by atoms with Crippen molar-refractivity contribution in [1.82, 2.24) is 9.97 Å². The fraction of sp³-hybridized carbons (Fsp3) is 0.636. The molecule has 0 saturated carbocycles. The van der Waals surface area contributed by atoms with E-state index in [0.717, 1.165) is 25.0 Å². The molecule has 1 unspecified atom stereocenters. The smallest absolute Gasteiger partial charge is 0.294 e. The Bertz CT molecular complexity index is 415. The van der Waals surface area contributed by atoms with Gasteiger partial charge >= 0.3 is 0 Å². The van der Waals surface area contributed by atoms with E-state index in [0.29, 0.717) is 11.8 Å². The number of nitrogens with one attached hydrogen (secondary N) is 1. The zero-order valence-corrected chi connectivity index (χ0v) is 10.6. The van der Waals surface area contributed by atoms with Crippen molar-refractivity contribution in [3.63, 3.8) is 0 Å². The van der Waals surface area contributed by atoms with Crippen LogP contribution in [-0.2, 0) is 4.74 Å². The molecule has 1 aromatic rings. The maximum absolute atomic E-state index is 11.7. The van der Waals surface area contributed by atoms with Gasteiger partial charge in [0.2, 0.25) is 5.75 Å². The minimum atomic E-state index is -0.309. The van der Waals surface area contributed by atoms with Gasteiger partial charge in [0.15, 0.2) is 11.4 Å². The molecule has 1 aliphatic rings. The first-order valence-corrected chi connectivity index (χ1v) is 6.78. The van der Waals surface area contributed by atoms with E-state index < -0.39 is 0 Å².